The zero-order valence-electron chi connectivity index (χ0n) is 13.2. The minimum Gasteiger partial charge on any atom is -0.493 e. The third-order valence-electron chi connectivity index (χ3n) is 3.77. The van der Waals surface area contributed by atoms with Crippen LogP contribution in [0.2, 0.25) is 5.02 Å². The van der Waals surface area contributed by atoms with Crippen LogP contribution in [0.4, 0.5) is 0 Å². The standard InChI is InChI=1S/C17H26ClNO2/c1-12(2)10-19-11-13-8-14(18)9-16(20-3)17(13)21-15-6-4-5-7-15/h8-9,12,15,19H,4-7,10-11H2,1-3H3. The van der Waals surface area contributed by atoms with Crippen LogP contribution in [0.25, 0.3) is 0 Å². The third kappa shape index (κ3) is 4.79. The van der Waals surface area contributed by atoms with Gasteiger partial charge in [0.15, 0.2) is 11.5 Å². The summed E-state index contributed by atoms with van der Waals surface area (Å²) in [5.74, 6) is 2.20. The lowest BCUT2D eigenvalue weighted by atomic mass is 10.1. The Morgan fingerprint density at radius 2 is 2.00 bits per heavy atom. The molecule has 0 radical (unpaired) electrons. The number of nitrogens with one attached hydrogen (secondary N) is 1. The lowest BCUT2D eigenvalue weighted by molar-refractivity contribution is 0.198. The van der Waals surface area contributed by atoms with Gasteiger partial charge < -0.3 is 14.8 Å². The van der Waals surface area contributed by atoms with Crippen molar-refractivity contribution in [2.24, 2.45) is 5.92 Å². The Morgan fingerprint density at radius 1 is 1.29 bits per heavy atom. The lowest BCUT2D eigenvalue weighted by Gasteiger charge is -2.20. The highest BCUT2D eigenvalue weighted by molar-refractivity contribution is 6.30. The van der Waals surface area contributed by atoms with Crippen LogP contribution in [0.3, 0.4) is 0 Å². The molecule has 0 amide bonds. The molecule has 1 aliphatic carbocycles. The van der Waals surface area contributed by atoms with Crippen LogP contribution in [0.15, 0.2) is 12.1 Å². The molecule has 0 spiro atoms. The smallest absolute Gasteiger partial charge is 0.166 e. The molecule has 1 N–H and O–H groups in total. The van der Waals surface area contributed by atoms with Crippen LogP contribution in [0.5, 0.6) is 11.5 Å². The SMILES string of the molecule is COc1cc(Cl)cc(CNCC(C)C)c1OC1CCCC1. The van der Waals surface area contributed by atoms with Crippen molar-refractivity contribution in [3.8, 4) is 11.5 Å². The van der Waals surface area contributed by atoms with E-state index in [0.717, 1.165) is 43.0 Å². The van der Waals surface area contributed by atoms with Gasteiger partial charge in [0.25, 0.3) is 0 Å². The normalized spacial score (nSPS) is 15.7. The molecule has 4 heteroatoms. The maximum Gasteiger partial charge on any atom is 0.166 e. The molecular formula is C17H26ClNO2. The van der Waals surface area contributed by atoms with E-state index in [1.165, 1.54) is 12.8 Å². The van der Waals surface area contributed by atoms with Crippen molar-refractivity contribution in [1.29, 1.82) is 0 Å². The molecule has 3 nitrogen and oxygen atoms in total. The van der Waals surface area contributed by atoms with E-state index in [-0.39, 0.29) is 0 Å². The number of methoxy groups -OCH3 is 1. The monoisotopic (exact) mass is 311 g/mol. The van der Waals surface area contributed by atoms with Crippen molar-refractivity contribution in [2.75, 3.05) is 13.7 Å². The van der Waals surface area contributed by atoms with E-state index in [0.29, 0.717) is 17.0 Å². The average Bonchev–Trinajstić information content (AvgIpc) is 2.93. The molecule has 0 heterocycles. The molecule has 0 bridgehead atoms. The second kappa shape index (κ2) is 7.90. The Morgan fingerprint density at radius 3 is 2.62 bits per heavy atom. The quantitative estimate of drug-likeness (QED) is 0.808. The van der Waals surface area contributed by atoms with E-state index in [1.807, 2.05) is 12.1 Å². The highest BCUT2D eigenvalue weighted by Gasteiger charge is 2.21. The molecule has 0 aromatic heterocycles. The third-order valence-corrected chi connectivity index (χ3v) is 3.99. The average molecular weight is 312 g/mol. The minimum absolute atomic E-state index is 0.309. The Kier molecular flexibility index (Phi) is 6.19. The van der Waals surface area contributed by atoms with Crippen molar-refractivity contribution in [1.82, 2.24) is 5.32 Å². The van der Waals surface area contributed by atoms with Gasteiger partial charge >= 0.3 is 0 Å². The number of benzene rings is 1. The minimum atomic E-state index is 0.309. The first-order valence-electron chi connectivity index (χ1n) is 7.84. The Labute approximate surface area is 133 Å². The second-order valence-corrected chi connectivity index (χ2v) is 6.58. The first kappa shape index (κ1) is 16.4. The molecule has 1 fully saturated rings. The molecule has 0 aliphatic heterocycles. The summed E-state index contributed by atoms with van der Waals surface area (Å²) in [7, 11) is 1.67. The molecule has 0 unspecified atom stereocenters. The molecular weight excluding hydrogens is 286 g/mol. The lowest BCUT2D eigenvalue weighted by Crippen LogP contribution is -2.20. The van der Waals surface area contributed by atoms with Gasteiger partial charge in [-0.05, 0) is 44.2 Å². The zero-order chi connectivity index (χ0) is 15.2. The van der Waals surface area contributed by atoms with Gasteiger partial charge in [0.2, 0.25) is 0 Å². The van der Waals surface area contributed by atoms with Crippen LogP contribution < -0.4 is 14.8 Å². The molecule has 21 heavy (non-hydrogen) atoms. The highest BCUT2D eigenvalue weighted by atomic mass is 35.5. The van der Waals surface area contributed by atoms with E-state index in [1.54, 1.807) is 7.11 Å². The van der Waals surface area contributed by atoms with Crippen molar-refractivity contribution < 1.29 is 9.47 Å². The van der Waals surface area contributed by atoms with Gasteiger partial charge in [0, 0.05) is 23.2 Å². The molecule has 2 rings (SSSR count). The number of hydrogen-bond acceptors (Lipinski definition) is 3. The summed E-state index contributed by atoms with van der Waals surface area (Å²) in [6.45, 7) is 6.11. The van der Waals surface area contributed by atoms with E-state index < -0.39 is 0 Å². The summed E-state index contributed by atoms with van der Waals surface area (Å²) < 4.78 is 11.7. The van der Waals surface area contributed by atoms with Crippen LogP contribution in [0.1, 0.15) is 45.1 Å². The summed E-state index contributed by atoms with van der Waals surface area (Å²) in [5, 5.41) is 4.14. The van der Waals surface area contributed by atoms with Crippen LogP contribution in [0, 0.1) is 5.92 Å². The summed E-state index contributed by atoms with van der Waals surface area (Å²) in [6, 6.07) is 3.81. The second-order valence-electron chi connectivity index (χ2n) is 6.15. The molecule has 1 saturated carbocycles. The molecule has 0 saturated heterocycles. The molecule has 1 aromatic carbocycles. The van der Waals surface area contributed by atoms with E-state index in [2.05, 4.69) is 19.2 Å². The Bertz CT molecular complexity index is 456. The van der Waals surface area contributed by atoms with Gasteiger partial charge in [0.05, 0.1) is 13.2 Å². The fourth-order valence-electron chi connectivity index (χ4n) is 2.71. The summed E-state index contributed by atoms with van der Waals surface area (Å²) >= 11 is 6.20. The summed E-state index contributed by atoms with van der Waals surface area (Å²) in [6.07, 6.45) is 5.07. The first-order chi connectivity index (χ1) is 10.1. The molecule has 1 aliphatic rings. The van der Waals surface area contributed by atoms with E-state index >= 15 is 0 Å². The number of ether oxygens (including phenoxy) is 2. The van der Waals surface area contributed by atoms with Crippen LogP contribution >= 0.6 is 11.6 Å². The van der Waals surface area contributed by atoms with Gasteiger partial charge in [0.1, 0.15) is 0 Å². The fraction of sp³-hybridized carbons (Fsp3) is 0.647. The predicted octanol–water partition coefficient (Wildman–Crippen LogP) is 4.42. The van der Waals surface area contributed by atoms with Crippen molar-refractivity contribution in [3.05, 3.63) is 22.7 Å². The molecule has 118 valence electrons. The van der Waals surface area contributed by atoms with Crippen molar-refractivity contribution in [3.63, 3.8) is 0 Å². The van der Waals surface area contributed by atoms with Gasteiger partial charge in [-0.1, -0.05) is 25.4 Å². The van der Waals surface area contributed by atoms with Gasteiger partial charge in [-0.25, -0.2) is 0 Å². The Balaban J connectivity index is 2.16. The van der Waals surface area contributed by atoms with Gasteiger partial charge in [-0.15, -0.1) is 0 Å². The highest BCUT2D eigenvalue weighted by Crippen LogP contribution is 2.37. The topological polar surface area (TPSA) is 30.5 Å². The van der Waals surface area contributed by atoms with Crippen LogP contribution in [-0.4, -0.2) is 19.8 Å². The van der Waals surface area contributed by atoms with Crippen LogP contribution in [-0.2, 0) is 6.54 Å². The van der Waals surface area contributed by atoms with E-state index in [4.69, 9.17) is 21.1 Å². The molecule has 0 atom stereocenters. The number of halogens is 1. The number of rotatable bonds is 7. The van der Waals surface area contributed by atoms with Gasteiger partial charge in [-0.3, -0.25) is 0 Å². The van der Waals surface area contributed by atoms with E-state index in [9.17, 15) is 0 Å². The Hall–Kier alpha value is -0.930. The van der Waals surface area contributed by atoms with Gasteiger partial charge in [-0.2, -0.15) is 0 Å². The van der Waals surface area contributed by atoms with Crippen molar-refractivity contribution >= 4 is 11.6 Å². The fourth-order valence-corrected chi connectivity index (χ4v) is 2.94. The predicted molar refractivity (Wildman–Crippen MR) is 87.4 cm³/mol. The summed E-state index contributed by atoms with van der Waals surface area (Å²) in [4.78, 5) is 0. The first-order valence-corrected chi connectivity index (χ1v) is 8.21. The molecule has 1 aromatic rings. The maximum atomic E-state index is 6.22. The maximum absolute atomic E-state index is 6.22. The van der Waals surface area contributed by atoms with Crippen molar-refractivity contribution in [2.45, 2.75) is 52.2 Å². The number of hydrogen-bond donors (Lipinski definition) is 1. The largest absolute Gasteiger partial charge is 0.493 e. The zero-order valence-corrected chi connectivity index (χ0v) is 14.0. The summed E-state index contributed by atoms with van der Waals surface area (Å²) in [5.41, 5.74) is 1.08.